The fraction of sp³-hybridized carbons (Fsp3) is 0.357. The van der Waals surface area contributed by atoms with Crippen LogP contribution in [0.2, 0.25) is 0 Å². The fourth-order valence-electron chi connectivity index (χ4n) is 2.05. The second kappa shape index (κ2) is 6.28. The number of aromatic nitrogens is 2. The molecule has 21 heavy (non-hydrogen) atoms. The Morgan fingerprint density at radius 3 is 2.57 bits per heavy atom. The molecular formula is C14H20N4O2S. The predicted molar refractivity (Wildman–Crippen MR) is 82.0 cm³/mol. The molecule has 0 unspecified atom stereocenters. The average Bonchev–Trinajstić information content (AvgIpc) is 2.82. The smallest absolute Gasteiger partial charge is 0.248 e. The summed E-state index contributed by atoms with van der Waals surface area (Å²) < 4.78 is 28.0. The van der Waals surface area contributed by atoms with E-state index >= 15 is 0 Å². The summed E-state index contributed by atoms with van der Waals surface area (Å²) in [6.45, 7) is 2.93. The highest BCUT2D eigenvalue weighted by Crippen LogP contribution is 2.21. The Labute approximate surface area is 125 Å². The van der Waals surface area contributed by atoms with Crippen LogP contribution in [-0.2, 0) is 23.1 Å². The summed E-state index contributed by atoms with van der Waals surface area (Å²) in [4.78, 5) is 0.0642. The summed E-state index contributed by atoms with van der Waals surface area (Å²) in [5.41, 5.74) is 6.67. The van der Waals surface area contributed by atoms with Crippen LogP contribution >= 0.6 is 0 Å². The van der Waals surface area contributed by atoms with Crippen LogP contribution in [0.5, 0.6) is 0 Å². The quantitative estimate of drug-likeness (QED) is 0.880. The van der Waals surface area contributed by atoms with Gasteiger partial charge in [-0.3, -0.25) is 4.68 Å². The van der Waals surface area contributed by atoms with Gasteiger partial charge in [0.1, 0.15) is 4.90 Å². The van der Waals surface area contributed by atoms with Gasteiger partial charge in [0.25, 0.3) is 0 Å². The number of hydrogen-bond acceptors (Lipinski definition) is 4. The SMILES string of the molecule is CCCn1cc(S(=O)(=O)N(C)Cc2ccccc2)c(N)n1. The van der Waals surface area contributed by atoms with Crippen molar-refractivity contribution in [2.24, 2.45) is 0 Å². The molecule has 7 heteroatoms. The van der Waals surface area contributed by atoms with E-state index in [2.05, 4.69) is 5.10 Å². The van der Waals surface area contributed by atoms with E-state index in [1.807, 2.05) is 37.3 Å². The first-order valence-corrected chi connectivity index (χ1v) is 8.22. The second-order valence-electron chi connectivity index (χ2n) is 4.89. The topological polar surface area (TPSA) is 81.2 Å². The van der Waals surface area contributed by atoms with E-state index in [9.17, 15) is 8.42 Å². The standard InChI is InChI=1S/C14H20N4O2S/c1-3-9-18-11-13(14(15)16-18)21(19,20)17(2)10-12-7-5-4-6-8-12/h4-8,11H,3,9-10H2,1-2H3,(H2,15,16). The number of rotatable bonds is 6. The highest BCUT2D eigenvalue weighted by molar-refractivity contribution is 7.89. The molecule has 2 aromatic rings. The molecule has 1 aromatic carbocycles. The van der Waals surface area contributed by atoms with Crippen molar-refractivity contribution >= 4 is 15.8 Å². The number of anilines is 1. The van der Waals surface area contributed by atoms with E-state index in [0.29, 0.717) is 13.1 Å². The molecule has 0 radical (unpaired) electrons. The molecule has 6 nitrogen and oxygen atoms in total. The van der Waals surface area contributed by atoms with E-state index in [4.69, 9.17) is 5.73 Å². The normalized spacial score (nSPS) is 12.0. The number of sulfonamides is 1. The molecular weight excluding hydrogens is 288 g/mol. The molecule has 0 aliphatic rings. The zero-order chi connectivity index (χ0) is 15.5. The molecule has 0 atom stereocenters. The summed E-state index contributed by atoms with van der Waals surface area (Å²) in [5, 5.41) is 4.04. The molecule has 0 aliphatic heterocycles. The number of nitrogens with two attached hydrogens (primary N) is 1. The van der Waals surface area contributed by atoms with Gasteiger partial charge in [-0.15, -0.1) is 0 Å². The lowest BCUT2D eigenvalue weighted by atomic mass is 10.2. The van der Waals surface area contributed by atoms with Crippen LogP contribution in [0.15, 0.2) is 41.4 Å². The van der Waals surface area contributed by atoms with Gasteiger partial charge in [0.2, 0.25) is 10.0 Å². The van der Waals surface area contributed by atoms with Crippen LogP contribution in [0, 0.1) is 0 Å². The third-order valence-corrected chi connectivity index (χ3v) is 4.96. The molecule has 2 N–H and O–H groups in total. The number of benzene rings is 1. The highest BCUT2D eigenvalue weighted by Gasteiger charge is 2.26. The first kappa shape index (κ1) is 15.5. The summed E-state index contributed by atoms with van der Waals surface area (Å²) in [7, 11) is -2.10. The third kappa shape index (κ3) is 3.43. The number of aryl methyl sites for hydroxylation is 1. The molecule has 0 amide bonds. The van der Waals surface area contributed by atoms with Crippen molar-refractivity contribution in [2.45, 2.75) is 31.3 Å². The molecule has 0 aliphatic carbocycles. The minimum Gasteiger partial charge on any atom is -0.381 e. The van der Waals surface area contributed by atoms with Crippen LogP contribution in [0.1, 0.15) is 18.9 Å². The summed E-state index contributed by atoms with van der Waals surface area (Å²) in [5.74, 6) is 0.0448. The lowest BCUT2D eigenvalue weighted by Crippen LogP contribution is -2.26. The summed E-state index contributed by atoms with van der Waals surface area (Å²) in [6, 6.07) is 9.42. The van der Waals surface area contributed by atoms with Crippen molar-refractivity contribution in [3.05, 3.63) is 42.1 Å². The predicted octanol–water partition coefficient (Wildman–Crippen LogP) is 1.70. The van der Waals surface area contributed by atoms with Crippen LogP contribution in [-0.4, -0.2) is 29.6 Å². The van der Waals surface area contributed by atoms with E-state index in [1.54, 1.807) is 11.7 Å². The minimum absolute atomic E-state index is 0.0448. The number of nitrogens with zero attached hydrogens (tertiary/aromatic N) is 3. The maximum atomic E-state index is 12.6. The zero-order valence-electron chi connectivity index (χ0n) is 12.2. The van der Waals surface area contributed by atoms with Gasteiger partial charge in [0.05, 0.1) is 0 Å². The van der Waals surface area contributed by atoms with Crippen LogP contribution in [0.4, 0.5) is 5.82 Å². The molecule has 2 rings (SSSR count). The molecule has 1 heterocycles. The Balaban J connectivity index is 2.24. The van der Waals surface area contributed by atoms with Crippen molar-refractivity contribution in [3.8, 4) is 0 Å². The van der Waals surface area contributed by atoms with E-state index in [1.165, 1.54) is 10.5 Å². The van der Waals surface area contributed by atoms with E-state index < -0.39 is 10.0 Å². The van der Waals surface area contributed by atoms with Gasteiger partial charge in [-0.25, -0.2) is 8.42 Å². The van der Waals surface area contributed by atoms with Gasteiger partial charge in [0.15, 0.2) is 5.82 Å². The van der Waals surface area contributed by atoms with E-state index in [-0.39, 0.29) is 10.7 Å². The van der Waals surface area contributed by atoms with Crippen LogP contribution in [0.25, 0.3) is 0 Å². The van der Waals surface area contributed by atoms with Crippen LogP contribution in [0.3, 0.4) is 0 Å². The van der Waals surface area contributed by atoms with Gasteiger partial charge in [-0.2, -0.15) is 9.40 Å². The monoisotopic (exact) mass is 308 g/mol. The van der Waals surface area contributed by atoms with E-state index in [0.717, 1.165) is 12.0 Å². The van der Waals surface area contributed by atoms with Gasteiger partial charge in [-0.1, -0.05) is 37.3 Å². The zero-order valence-corrected chi connectivity index (χ0v) is 13.0. The maximum absolute atomic E-state index is 12.6. The molecule has 0 saturated carbocycles. The molecule has 0 spiro atoms. The van der Waals surface area contributed by atoms with Crippen LogP contribution < -0.4 is 5.73 Å². The molecule has 0 fully saturated rings. The fourth-order valence-corrected chi connectivity index (χ4v) is 3.27. The first-order chi connectivity index (χ1) is 9.95. The Morgan fingerprint density at radius 2 is 1.95 bits per heavy atom. The highest BCUT2D eigenvalue weighted by atomic mass is 32.2. The average molecular weight is 308 g/mol. The van der Waals surface area contributed by atoms with Gasteiger partial charge < -0.3 is 5.73 Å². The number of nitrogen functional groups attached to an aromatic ring is 1. The Hall–Kier alpha value is -1.86. The molecule has 0 saturated heterocycles. The minimum atomic E-state index is -3.64. The lowest BCUT2D eigenvalue weighted by molar-refractivity contribution is 0.467. The summed E-state index contributed by atoms with van der Waals surface area (Å²) >= 11 is 0. The van der Waals surface area contributed by atoms with Crippen molar-refractivity contribution in [1.29, 1.82) is 0 Å². The van der Waals surface area contributed by atoms with Gasteiger partial charge in [0, 0.05) is 26.3 Å². The molecule has 114 valence electrons. The first-order valence-electron chi connectivity index (χ1n) is 6.78. The Bertz CT molecular complexity index is 695. The van der Waals surface area contributed by atoms with Gasteiger partial charge >= 0.3 is 0 Å². The van der Waals surface area contributed by atoms with Crippen molar-refractivity contribution in [2.75, 3.05) is 12.8 Å². The Morgan fingerprint density at radius 1 is 1.29 bits per heavy atom. The third-order valence-electron chi connectivity index (χ3n) is 3.14. The summed E-state index contributed by atoms with van der Waals surface area (Å²) in [6.07, 6.45) is 2.36. The molecule has 0 bridgehead atoms. The number of hydrogen-bond donors (Lipinski definition) is 1. The molecule has 1 aromatic heterocycles. The largest absolute Gasteiger partial charge is 0.381 e. The maximum Gasteiger partial charge on any atom is 0.248 e. The van der Waals surface area contributed by atoms with Gasteiger partial charge in [-0.05, 0) is 12.0 Å². The lowest BCUT2D eigenvalue weighted by Gasteiger charge is -2.16. The van der Waals surface area contributed by atoms with Crippen molar-refractivity contribution in [1.82, 2.24) is 14.1 Å². The Kier molecular flexibility index (Phi) is 4.64. The van der Waals surface area contributed by atoms with Crippen molar-refractivity contribution in [3.63, 3.8) is 0 Å². The second-order valence-corrected chi connectivity index (χ2v) is 6.90. The van der Waals surface area contributed by atoms with Crippen molar-refractivity contribution < 1.29 is 8.42 Å².